The van der Waals surface area contributed by atoms with E-state index in [1.165, 1.54) is 11.3 Å². The molecule has 1 aliphatic rings. The molecule has 0 spiro atoms. The Morgan fingerprint density at radius 1 is 1.00 bits per heavy atom. The maximum Gasteiger partial charge on any atom is 0.275 e. The zero-order valence-electron chi connectivity index (χ0n) is 16.6. The molecule has 4 rings (SSSR count). The van der Waals surface area contributed by atoms with Gasteiger partial charge in [0, 0.05) is 40.4 Å². The van der Waals surface area contributed by atoms with Crippen LogP contribution in [0, 0.1) is 0 Å². The van der Waals surface area contributed by atoms with E-state index in [9.17, 15) is 9.59 Å². The van der Waals surface area contributed by atoms with Crippen LogP contribution < -0.4 is 10.6 Å². The Morgan fingerprint density at radius 2 is 1.65 bits per heavy atom. The molecule has 2 amide bonds. The van der Waals surface area contributed by atoms with Gasteiger partial charge in [0.1, 0.15) is 10.7 Å². The second kappa shape index (κ2) is 10.0. The van der Waals surface area contributed by atoms with Crippen LogP contribution in [0.1, 0.15) is 10.5 Å². The van der Waals surface area contributed by atoms with Gasteiger partial charge in [-0.15, -0.1) is 11.3 Å². The summed E-state index contributed by atoms with van der Waals surface area (Å²) in [7, 11) is 0. The standard InChI is InChI=1S/C22H21ClN4O3S/c23-16-3-1-15(2-4-16)22-26-19(14-31-22)21(29)25-18-7-5-17(6-8-18)24-20(28)13-27-9-11-30-12-10-27/h1-8,14H,9-13H2,(H,24,28)(H,25,29). The molecule has 0 atom stereocenters. The van der Waals surface area contributed by atoms with Crippen molar-refractivity contribution in [1.29, 1.82) is 0 Å². The number of halogens is 1. The largest absolute Gasteiger partial charge is 0.379 e. The topological polar surface area (TPSA) is 83.6 Å². The highest BCUT2D eigenvalue weighted by Crippen LogP contribution is 2.25. The van der Waals surface area contributed by atoms with Crippen LogP contribution in [-0.4, -0.2) is 54.5 Å². The fraction of sp³-hybridized carbons (Fsp3) is 0.227. The molecule has 3 aromatic rings. The monoisotopic (exact) mass is 456 g/mol. The number of nitrogens with one attached hydrogen (secondary N) is 2. The van der Waals surface area contributed by atoms with E-state index >= 15 is 0 Å². The number of carbonyl (C=O) groups is 2. The summed E-state index contributed by atoms with van der Waals surface area (Å²) in [6.45, 7) is 3.16. The summed E-state index contributed by atoms with van der Waals surface area (Å²) in [5.41, 5.74) is 2.55. The van der Waals surface area contributed by atoms with Crippen LogP contribution in [0.4, 0.5) is 11.4 Å². The van der Waals surface area contributed by atoms with Crippen LogP contribution in [0.25, 0.3) is 10.6 Å². The molecular formula is C22H21ClN4O3S. The molecule has 2 N–H and O–H groups in total. The first-order chi connectivity index (χ1) is 15.1. The number of thiazole rings is 1. The highest BCUT2D eigenvalue weighted by Gasteiger charge is 2.15. The van der Waals surface area contributed by atoms with Crippen LogP contribution in [0.3, 0.4) is 0 Å². The zero-order chi connectivity index (χ0) is 21.6. The van der Waals surface area contributed by atoms with E-state index in [4.69, 9.17) is 16.3 Å². The Kier molecular flexibility index (Phi) is 6.93. The molecule has 0 bridgehead atoms. The van der Waals surface area contributed by atoms with Crippen molar-refractivity contribution < 1.29 is 14.3 Å². The van der Waals surface area contributed by atoms with Crippen LogP contribution >= 0.6 is 22.9 Å². The van der Waals surface area contributed by atoms with Crippen molar-refractivity contribution in [1.82, 2.24) is 9.88 Å². The van der Waals surface area contributed by atoms with Crippen molar-refractivity contribution >= 4 is 46.1 Å². The molecule has 0 aliphatic carbocycles. The van der Waals surface area contributed by atoms with E-state index in [-0.39, 0.29) is 11.8 Å². The van der Waals surface area contributed by atoms with Crippen molar-refractivity contribution in [3.63, 3.8) is 0 Å². The summed E-state index contributed by atoms with van der Waals surface area (Å²) >= 11 is 7.31. The lowest BCUT2D eigenvalue weighted by atomic mass is 10.2. The van der Waals surface area contributed by atoms with Crippen LogP contribution in [-0.2, 0) is 9.53 Å². The van der Waals surface area contributed by atoms with Crippen LogP contribution in [0.2, 0.25) is 5.02 Å². The van der Waals surface area contributed by atoms with Gasteiger partial charge in [-0.1, -0.05) is 23.7 Å². The summed E-state index contributed by atoms with van der Waals surface area (Å²) in [5, 5.41) is 8.82. The number of nitrogens with zero attached hydrogens (tertiary/aromatic N) is 2. The SMILES string of the molecule is O=C(CN1CCOCC1)Nc1ccc(NC(=O)c2csc(-c3ccc(Cl)cc3)n2)cc1. The van der Waals surface area contributed by atoms with E-state index in [2.05, 4.69) is 20.5 Å². The molecule has 7 nitrogen and oxygen atoms in total. The number of benzene rings is 2. The van der Waals surface area contributed by atoms with Gasteiger partial charge in [-0.25, -0.2) is 4.98 Å². The molecule has 1 aliphatic heterocycles. The fourth-order valence-corrected chi connectivity index (χ4v) is 4.03. The second-order valence-corrected chi connectivity index (χ2v) is 8.31. The van der Waals surface area contributed by atoms with E-state index in [1.807, 2.05) is 12.1 Å². The second-order valence-electron chi connectivity index (χ2n) is 7.01. The van der Waals surface area contributed by atoms with E-state index < -0.39 is 0 Å². The number of amides is 2. The normalized spacial score (nSPS) is 14.2. The van der Waals surface area contributed by atoms with Gasteiger partial charge in [-0.05, 0) is 36.4 Å². The molecule has 1 saturated heterocycles. The number of ether oxygens (including phenoxy) is 1. The smallest absolute Gasteiger partial charge is 0.275 e. The zero-order valence-corrected chi connectivity index (χ0v) is 18.2. The predicted octanol–water partition coefficient (Wildman–Crippen LogP) is 3.99. The van der Waals surface area contributed by atoms with Gasteiger partial charge in [-0.2, -0.15) is 0 Å². The Labute approximate surface area is 189 Å². The molecule has 1 aromatic heterocycles. The number of anilines is 2. The summed E-state index contributed by atoms with van der Waals surface area (Å²) < 4.78 is 5.29. The lowest BCUT2D eigenvalue weighted by Crippen LogP contribution is -2.41. The summed E-state index contributed by atoms with van der Waals surface area (Å²) in [4.78, 5) is 31.2. The molecular weight excluding hydrogens is 436 g/mol. The minimum Gasteiger partial charge on any atom is -0.379 e. The van der Waals surface area contributed by atoms with Gasteiger partial charge in [0.25, 0.3) is 5.91 Å². The molecule has 2 aromatic carbocycles. The predicted molar refractivity (Wildman–Crippen MR) is 123 cm³/mol. The quantitative estimate of drug-likeness (QED) is 0.586. The molecule has 0 unspecified atom stereocenters. The molecule has 0 radical (unpaired) electrons. The Morgan fingerprint density at radius 3 is 2.32 bits per heavy atom. The third kappa shape index (κ3) is 5.89. The first-order valence-electron chi connectivity index (χ1n) is 9.80. The molecule has 2 heterocycles. The van der Waals surface area contributed by atoms with E-state index in [0.29, 0.717) is 41.8 Å². The first kappa shape index (κ1) is 21.5. The lowest BCUT2D eigenvalue weighted by Gasteiger charge is -2.25. The van der Waals surface area contributed by atoms with Gasteiger partial charge < -0.3 is 15.4 Å². The first-order valence-corrected chi connectivity index (χ1v) is 11.1. The molecule has 31 heavy (non-hydrogen) atoms. The third-order valence-electron chi connectivity index (χ3n) is 4.73. The van der Waals surface area contributed by atoms with Crippen LogP contribution in [0.15, 0.2) is 53.9 Å². The van der Waals surface area contributed by atoms with Gasteiger partial charge in [0.05, 0.1) is 19.8 Å². The molecule has 0 saturated carbocycles. The average Bonchev–Trinajstić information content (AvgIpc) is 3.27. The lowest BCUT2D eigenvalue weighted by molar-refractivity contribution is -0.118. The molecule has 160 valence electrons. The van der Waals surface area contributed by atoms with Gasteiger partial charge in [-0.3, -0.25) is 14.5 Å². The van der Waals surface area contributed by atoms with Crippen molar-refractivity contribution in [3.8, 4) is 10.6 Å². The molecule has 9 heteroatoms. The number of aromatic nitrogens is 1. The third-order valence-corrected chi connectivity index (χ3v) is 5.87. The van der Waals surface area contributed by atoms with Crippen molar-refractivity contribution in [2.24, 2.45) is 0 Å². The average molecular weight is 457 g/mol. The number of carbonyl (C=O) groups excluding carboxylic acids is 2. The van der Waals surface area contributed by atoms with E-state index in [1.54, 1.807) is 41.8 Å². The minimum atomic E-state index is -0.291. The summed E-state index contributed by atoms with van der Waals surface area (Å²) in [6, 6.07) is 14.3. The Bertz CT molecular complexity index is 1050. The highest BCUT2D eigenvalue weighted by molar-refractivity contribution is 7.13. The summed E-state index contributed by atoms with van der Waals surface area (Å²) in [5.74, 6) is -0.364. The number of rotatable bonds is 6. The Hall–Kier alpha value is -2.78. The maximum atomic E-state index is 12.5. The van der Waals surface area contributed by atoms with Crippen molar-refractivity contribution in [2.75, 3.05) is 43.5 Å². The fourth-order valence-electron chi connectivity index (χ4n) is 3.10. The summed E-state index contributed by atoms with van der Waals surface area (Å²) in [6.07, 6.45) is 0. The Balaban J connectivity index is 1.32. The van der Waals surface area contributed by atoms with Crippen molar-refractivity contribution in [3.05, 3.63) is 64.6 Å². The molecule has 1 fully saturated rings. The number of hydrogen-bond donors (Lipinski definition) is 2. The van der Waals surface area contributed by atoms with Gasteiger partial charge >= 0.3 is 0 Å². The number of morpholine rings is 1. The van der Waals surface area contributed by atoms with Gasteiger partial charge in [0.2, 0.25) is 5.91 Å². The van der Waals surface area contributed by atoms with Crippen LogP contribution in [0.5, 0.6) is 0 Å². The number of hydrogen-bond acceptors (Lipinski definition) is 6. The minimum absolute atomic E-state index is 0.0733. The van der Waals surface area contributed by atoms with Gasteiger partial charge in [0.15, 0.2) is 0 Å². The van der Waals surface area contributed by atoms with Crippen molar-refractivity contribution in [2.45, 2.75) is 0 Å². The maximum absolute atomic E-state index is 12.5. The highest BCUT2D eigenvalue weighted by atomic mass is 35.5. The van der Waals surface area contributed by atoms with E-state index in [0.717, 1.165) is 23.7 Å².